The molecule has 0 radical (unpaired) electrons. The summed E-state index contributed by atoms with van der Waals surface area (Å²) < 4.78 is 1.87. The van der Waals surface area contributed by atoms with Crippen LogP contribution < -0.4 is 5.73 Å². The number of amides is 2. The van der Waals surface area contributed by atoms with E-state index in [1.807, 2.05) is 40.7 Å². The van der Waals surface area contributed by atoms with Gasteiger partial charge < -0.3 is 10.6 Å². The van der Waals surface area contributed by atoms with Crippen LogP contribution >= 0.6 is 11.8 Å². The van der Waals surface area contributed by atoms with E-state index in [9.17, 15) is 9.59 Å². The van der Waals surface area contributed by atoms with Gasteiger partial charge in [-0.25, -0.2) is 0 Å². The molecule has 2 amide bonds. The zero-order valence-corrected chi connectivity index (χ0v) is 14.3. The Morgan fingerprint density at radius 2 is 2.00 bits per heavy atom. The largest absolute Gasteiger partial charge is 0.366 e. The zero-order chi connectivity index (χ0) is 17.1. The molecule has 1 aliphatic heterocycles. The number of carbonyl (C=O) groups is 2. The molecule has 1 aliphatic rings. The number of hydrogen-bond acceptors (Lipinski definition) is 4. The van der Waals surface area contributed by atoms with Gasteiger partial charge in [0.25, 0.3) is 5.91 Å². The Balaban J connectivity index is 1.84. The van der Waals surface area contributed by atoms with E-state index in [4.69, 9.17) is 5.73 Å². The Hall–Kier alpha value is -2.28. The number of carbonyl (C=O) groups excluding carboxylic acids is 2. The van der Waals surface area contributed by atoms with Crippen molar-refractivity contribution >= 4 is 23.6 Å². The average molecular weight is 344 g/mol. The first kappa shape index (κ1) is 16.6. The number of thioether (sulfide) groups is 1. The van der Waals surface area contributed by atoms with Crippen LogP contribution in [0.4, 0.5) is 0 Å². The fraction of sp³-hybridized carbons (Fsp3) is 0.353. The number of hydrogen-bond donors (Lipinski definition) is 1. The third-order valence-electron chi connectivity index (χ3n) is 4.17. The Bertz CT molecular complexity index is 741. The number of aromatic nitrogens is 2. The predicted molar refractivity (Wildman–Crippen MR) is 94.0 cm³/mol. The van der Waals surface area contributed by atoms with E-state index in [1.165, 1.54) is 0 Å². The summed E-state index contributed by atoms with van der Waals surface area (Å²) in [6.45, 7) is 3.54. The van der Waals surface area contributed by atoms with E-state index in [2.05, 4.69) is 5.10 Å². The number of benzene rings is 1. The molecule has 0 unspecified atom stereocenters. The Morgan fingerprint density at radius 3 is 2.62 bits per heavy atom. The normalized spacial score (nSPS) is 17.7. The molecule has 0 spiro atoms. The van der Waals surface area contributed by atoms with E-state index >= 15 is 0 Å². The molecule has 6 nitrogen and oxygen atoms in total. The van der Waals surface area contributed by atoms with Gasteiger partial charge in [-0.05, 0) is 31.2 Å². The van der Waals surface area contributed by atoms with Crippen LogP contribution in [0.3, 0.4) is 0 Å². The minimum absolute atomic E-state index is 0.0207. The maximum atomic E-state index is 12.9. The smallest absolute Gasteiger partial charge is 0.254 e. The van der Waals surface area contributed by atoms with Crippen LogP contribution in [0, 0.1) is 0 Å². The maximum Gasteiger partial charge on any atom is 0.254 e. The van der Waals surface area contributed by atoms with Gasteiger partial charge in [-0.3, -0.25) is 14.3 Å². The second kappa shape index (κ2) is 7.09. The highest BCUT2D eigenvalue weighted by molar-refractivity contribution is 7.99. The molecule has 24 heavy (non-hydrogen) atoms. The Kier molecular flexibility index (Phi) is 4.89. The van der Waals surface area contributed by atoms with Gasteiger partial charge in [0.15, 0.2) is 0 Å². The molecular formula is C17H20N4O2S. The van der Waals surface area contributed by atoms with Crippen molar-refractivity contribution in [1.82, 2.24) is 14.7 Å². The molecule has 0 aliphatic carbocycles. The van der Waals surface area contributed by atoms with Crippen LogP contribution in [-0.2, 0) is 6.54 Å². The van der Waals surface area contributed by atoms with Gasteiger partial charge >= 0.3 is 0 Å². The summed E-state index contributed by atoms with van der Waals surface area (Å²) in [7, 11) is 0. The molecule has 2 aromatic rings. The van der Waals surface area contributed by atoms with Crippen LogP contribution in [0.15, 0.2) is 36.7 Å². The van der Waals surface area contributed by atoms with E-state index in [0.29, 0.717) is 17.7 Å². The fourth-order valence-corrected chi connectivity index (χ4v) is 3.88. The molecule has 2 heterocycles. The van der Waals surface area contributed by atoms with Gasteiger partial charge in [0.1, 0.15) is 0 Å². The molecule has 3 rings (SSSR count). The number of nitrogens with zero attached hydrogens (tertiary/aromatic N) is 3. The van der Waals surface area contributed by atoms with Gasteiger partial charge in [0.05, 0.1) is 12.2 Å². The van der Waals surface area contributed by atoms with Crippen molar-refractivity contribution in [2.24, 2.45) is 5.73 Å². The topological polar surface area (TPSA) is 81.2 Å². The summed E-state index contributed by atoms with van der Waals surface area (Å²) in [5, 5.41) is 4.33. The summed E-state index contributed by atoms with van der Waals surface area (Å²) >= 11 is 1.85. The number of nitrogens with two attached hydrogens (primary N) is 1. The van der Waals surface area contributed by atoms with Crippen LogP contribution in [0.2, 0.25) is 0 Å². The molecule has 7 heteroatoms. The molecule has 1 atom stereocenters. The van der Waals surface area contributed by atoms with E-state index < -0.39 is 5.91 Å². The van der Waals surface area contributed by atoms with Crippen molar-refractivity contribution in [3.63, 3.8) is 0 Å². The molecular weight excluding hydrogens is 324 g/mol. The SMILES string of the molecule is CCn1cc([C@@H]2CSCCN2C(=O)c2ccc(C(N)=O)cc2)cn1. The molecule has 1 fully saturated rings. The average Bonchev–Trinajstić information content (AvgIpc) is 3.10. The first-order valence-electron chi connectivity index (χ1n) is 7.91. The van der Waals surface area contributed by atoms with Crippen molar-refractivity contribution in [3.8, 4) is 0 Å². The minimum atomic E-state index is -0.492. The van der Waals surface area contributed by atoms with Crippen LogP contribution in [-0.4, -0.2) is 44.5 Å². The summed E-state index contributed by atoms with van der Waals surface area (Å²) in [4.78, 5) is 26.0. The monoisotopic (exact) mass is 344 g/mol. The van der Waals surface area contributed by atoms with E-state index in [-0.39, 0.29) is 11.9 Å². The summed E-state index contributed by atoms with van der Waals surface area (Å²) in [5.74, 6) is 1.26. The third-order valence-corrected chi connectivity index (χ3v) is 5.19. The first-order chi connectivity index (χ1) is 11.6. The highest BCUT2D eigenvalue weighted by atomic mass is 32.2. The van der Waals surface area contributed by atoms with Crippen LogP contribution in [0.25, 0.3) is 0 Å². The lowest BCUT2D eigenvalue weighted by molar-refractivity contribution is 0.0701. The molecule has 1 aromatic heterocycles. The van der Waals surface area contributed by atoms with E-state index in [1.54, 1.807) is 24.3 Å². The van der Waals surface area contributed by atoms with Crippen molar-refractivity contribution in [3.05, 3.63) is 53.3 Å². The number of aryl methyl sites for hydroxylation is 1. The summed E-state index contributed by atoms with van der Waals surface area (Å²) in [5.41, 5.74) is 7.28. The van der Waals surface area contributed by atoms with Crippen molar-refractivity contribution in [2.75, 3.05) is 18.1 Å². The lowest BCUT2D eigenvalue weighted by atomic mass is 10.1. The first-order valence-corrected chi connectivity index (χ1v) is 9.06. The fourth-order valence-electron chi connectivity index (χ4n) is 2.79. The summed E-state index contributed by atoms with van der Waals surface area (Å²) in [6, 6.07) is 6.54. The third kappa shape index (κ3) is 3.31. The zero-order valence-electron chi connectivity index (χ0n) is 13.5. The van der Waals surface area contributed by atoms with Crippen LogP contribution in [0.1, 0.15) is 39.2 Å². The number of rotatable bonds is 4. The van der Waals surface area contributed by atoms with Crippen LogP contribution in [0.5, 0.6) is 0 Å². The van der Waals surface area contributed by atoms with Gasteiger partial charge in [0.2, 0.25) is 5.91 Å². The quantitative estimate of drug-likeness (QED) is 0.919. The Morgan fingerprint density at radius 1 is 1.29 bits per heavy atom. The number of primary amides is 1. The highest BCUT2D eigenvalue weighted by Gasteiger charge is 2.30. The maximum absolute atomic E-state index is 12.9. The molecule has 126 valence electrons. The lowest BCUT2D eigenvalue weighted by Gasteiger charge is -2.35. The van der Waals surface area contributed by atoms with Crippen molar-refractivity contribution in [1.29, 1.82) is 0 Å². The van der Waals surface area contributed by atoms with Gasteiger partial charge in [-0.2, -0.15) is 16.9 Å². The molecule has 2 N–H and O–H groups in total. The molecule has 1 saturated heterocycles. The Labute approximate surface area is 145 Å². The molecule has 0 bridgehead atoms. The predicted octanol–water partition coefficient (Wildman–Crippen LogP) is 1.93. The van der Waals surface area contributed by atoms with E-state index in [0.717, 1.165) is 23.6 Å². The van der Waals surface area contributed by atoms with Crippen molar-refractivity contribution in [2.45, 2.75) is 19.5 Å². The van der Waals surface area contributed by atoms with Crippen molar-refractivity contribution < 1.29 is 9.59 Å². The van der Waals surface area contributed by atoms with Gasteiger partial charge in [-0.15, -0.1) is 0 Å². The molecule has 1 aromatic carbocycles. The molecule has 0 saturated carbocycles. The summed E-state index contributed by atoms with van der Waals surface area (Å²) in [6.07, 6.45) is 3.85. The second-order valence-electron chi connectivity index (χ2n) is 5.66. The minimum Gasteiger partial charge on any atom is -0.366 e. The van der Waals surface area contributed by atoms with Gasteiger partial charge in [0, 0.05) is 47.5 Å². The second-order valence-corrected chi connectivity index (χ2v) is 6.81. The van der Waals surface area contributed by atoms with Gasteiger partial charge in [-0.1, -0.05) is 0 Å². The lowest BCUT2D eigenvalue weighted by Crippen LogP contribution is -2.40. The highest BCUT2D eigenvalue weighted by Crippen LogP contribution is 2.30. The standard InChI is InChI=1S/C17H20N4O2S/c1-2-20-10-14(9-19-20)15-11-24-8-7-21(15)17(23)13-5-3-12(4-6-13)16(18)22/h3-6,9-10,15H,2,7-8,11H2,1H3,(H2,18,22)/t15-/m0/s1.